The minimum absolute atomic E-state index is 0.148. The first-order chi connectivity index (χ1) is 8.68. The molecule has 1 aromatic rings. The molecule has 1 aromatic heterocycles. The van der Waals surface area contributed by atoms with Crippen LogP contribution in [0, 0.1) is 5.41 Å². The van der Waals surface area contributed by atoms with E-state index in [1.807, 2.05) is 13.1 Å². The van der Waals surface area contributed by atoms with Gasteiger partial charge in [0, 0.05) is 13.1 Å². The molecule has 1 amide bonds. The van der Waals surface area contributed by atoms with E-state index >= 15 is 0 Å². The molecule has 1 fully saturated rings. The number of anilines is 1. The van der Waals surface area contributed by atoms with Gasteiger partial charge in [0.2, 0.25) is 5.91 Å². The van der Waals surface area contributed by atoms with Crippen LogP contribution in [0.2, 0.25) is 0 Å². The Morgan fingerprint density at radius 3 is 2.83 bits per heavy atom. The van der Waals surface area contributed by atoms with Crippen LogP contribution in [0.1, 0.15) is 32.6 Å². The normalized spacial score (nSPS) is 18.6. The molecule has 0 radical (unpaired) electrons. The van der Waals surface area contributed by atoms with Crippen LogP contribution in [0.15, 0.2) is 12.3 Å². The molecule has 0 spiro atoms. The van der Waals surface area contributed by atoms with E-state index in [2.05, 4.69) is 22.7 Å². The van der Waals surface area contributed by atoms with Gasteiger partial charge in [0.05, 0.1) is 11.6 Å². The van der Waals surface area contributed by atoms with Gasteiger partial charge in [-0.15, -0.1) is 0 Å². The molecule has 1 aliphatic heterocycles. The third-order valence-electron chi connectivity index (χ3n) is 3.83. The molecule has 1 aliphatic rings. The van der Waals surface area contributed by atoms with Crippen molar-refractivity contribution in [2.24, 2.45) is 12.5 Å². The SMILES string of the molecule is CCCC1(C(=O)Nc2ccnn2C)CCNCC1. The van der Waals surface area contributed by atoms with Crippen molar-refractivity contribution in [2.75, 3.05) is 18.4 Å². The Balaban J connectivity index is 2.11. The zero-order valence-electron chi connectivity index (χ0n) is 11.2. The van der Waals surface area contributed by atoms with E-state index in [1.165, 1.54) is 0 Å². The number of nitrogens with zero attached hydrogens (tertiary/aromatic N) is 2. The van der Waals surface area contributed by atoms with Crippen LogP contribution in [0.25, 0.3) is 0 Å². The number of hydrogen-bond donors (Lipinski definition) is 2. The van der Waals surface area contributed by atoms with Gasteiger partial charge in [0.1, 0.15) is 5.82 Å². The molecule has 2 N–H and O–H groups in total. The number of carbonyl (C=O) groups excluding carboxylic acids is 1. The molecule has 5 nitrogen and oxygen atoms in total. The molecular weight excluding hydrogens is 228 g/mol. The number of piperidine rings is 1. The molecule has 1 saturated heterocycles. The van der Waals surface area contributed by atoms with Crippen molar-refractivity contribution < 1.29 is 4.79 Å². The van der Waals surface area contributed by atoms with Gasteiger partial charge in [-0.3, -0.25) is 9.48 Å². The second-order valence-electron chi connectivity index (χ2n) is 5.07. The number of nitrogens with one attached hydrogen (secondary N) is 2. The highest BCUT2D eigenvalue weighted by Crippen LogP contribution is 2.35. The number of rotatable bonds is 4. The van der Waals surface area contributed by atoms with E-state index in [0.717, 1.165) is 44.6 Å². The summed E-state index contributed by atoms with van der Waals surface area (Å²) in [5.41, 5.74) is -0.204. The molecule has 18 heavy (non-hydrogen) atoms. The molecule has 0 atom stereocenters. The van der Waals surface area contributed by atoms with Gasteiger partial charge in [0.15, 0.2) is 0 Å². The highest BCUT2D eigenvalue weighted by Gasteiger charge is 2.38. The fourth-order valence-electron chi connectivity index (χ4n) is 2.72. The Labute approximate surface area is 108 Å². The number of carbonyl (C=O) groups is 1. The Hall–Kier alpha value is -1.36. The standard InChI is InChI=1S/C13H22N4O/c1-3-5-13(6-9-14-10-7-13)12(18)16-11-4-8-15-17(11)2/h4,8,14H,3,5-7,9-10H2,1-2H3,(H,16,18). The summed E-state index contributed by atoms with van der Waals surface area (Å²) in [6, 6.07) is 1.83. The molecule has 0 aliphatic carbocycles. The second kappa shape index (κ2) is 5.52. The van der Waals surface area contributed by atoms with E-state index in [0.29, 0.717) is 0 Å². The van der Waals surface area contributed by atoms with E-state index in [9.17, 15) is 4.79 Å². The third kappa shape index (κ3) is 2.56. The largest absolute Gasteiger partial charge is 0.317 e. The van der Waals surface area contributed by atoms with Gasteiger partial charge in [-0.2, -0.15) is 5.10 Å². The van der Waals surface area contributed by atoms with Gasteiger partial charge in [-0.1, -0.05) is 13.3 Å². The smallest absolute Gasteiger partial charge is 0.231 e. The summed E-state index contributed by atoms with van der Waals surface area (Å²) in [5.74, 6) is 0.920. The summed E-state index contributed by atoms with van der Waals surface area (Å²) in [6.07, 6.45) is 5.54. The maximum atomic E-state index is 12.5. The van der Waals surface area contributed by atoms with Crippen molar-refractivity contribution >= 4 is 11.7 Å². The van der Waals surface area contributed by atoms with E-state index in [1.54, 1.807) is 10.9 Å². The average Bonchev–Trinajstić information content (AvgIpc) is 2.76. The first kappa shape index (κ1) is 13.1. The minimum atomic E-state index is -0.204. The summed E-state index contributed by atoms with van der Waals surface area (Å²) in [7, 11) is 1.84. The molecule has 2 heterocycles. The monoisotopic (exact) mass is 250 g/mol. The van der Waals surface area contributed by atoms with Crippen LogP contribution < -0.4 is 10.6 Å². The Bertz CT molecular complexity index is 401. The zero-order chi connectivity index (χ0) is 13.0. The molecule has 5 heteroatoms. The minimum Gasteiger partial charge on any atom is -0.317 e. The van der Waals surface area contributed by atoms with E-state index in [4.69, 9.17) is 0 Å². The summed E-state index contributed by atoms with van der Waals surface area (Å²) in [5, 5.41) is 10.4. The van der Waals surface area contributed by atoms with Gasteiger partial charge in [-0.25, -0.2) is 0 Å². The van der Waals surface area contributed by atoms with E-state index in [-0.39, 0.29) is 11.3 Å². The van der Waals surface area contributed by atoms with Gasteiger partial charge in [0.25, 0.3) is 0 Å². The fourth-order valence-corrected chi connectivity index (χ4v) is 2.72. The van der Waals surface area contributed by atoms with Crippen molar-refractivity contribution in [3.05, 3.63) is 12.3 Å². The predicted octanol–water partition coefficient (Wildman–Crippen LogP) is 1.53. The van der Waals surface area contributed by atoms with Crippen LogP contribution in [-0.2, 0) is 11.8 Å². The third-order valence-corrected chi connectivity index (χ3v) is 3.83. The molecular formula is C13H22N4O. The van der Waals surface area contributed by atoms with Crippen molar-refractivity contribution in [2.45, 2.75) is 32.6 Å². The highest BCUT2D eigenvalue weighted by atomic mass is 16.2. The lowest BCUT2D eigenvalue weighted by atomic mass is 9.74. The summed E-state index contributed by atoms with van der Waals surface area (Å²) in [4.78, 5) is 12.5. The molecule has 100 valence electrons. The second-order valence-corrected chi connectivity index (χ2v) is 5.07. The fraction of sp³-hybridized carbons (Fsp3) is 0.692. The van der Waals surface area contributed by atoms with Crippen LogP contribution in [-0.4, -0.2) is 28.8 Å². The summed E-state index contributed by atoms with van der Waals surface area (Å²) >= 11 is 0. The molecule has 0 bridgehead atoms. The van der Waals surface area contributed by atoms with E-state index < -0.39 is 0 Å². The lowest BCUT2D eigenvalue weighted by molar-refractivity contribution is -0.127. The summed E-state index contributed by atoms with van der Waals surface area (Å²) < 4.78 is 1.69. The topological polar surface area (TPSA) is 59.0 Å². The lowest BCUT2D eigenvalue weighted by Crippen LogP contribution is -2.45. The highest BCUT2D eigenvalue weighted by molar-refractivity contribution is 5.94. The predicted molar refractivity (Wildman–Crippen MR) is 71.3 cm³/mol. The Morgan fingerprint density at radius 2 is 2.28 bits per heavy atom. The van der Waals surface area contributed by atoms with Crippen LogP contribution >= 0.6 is 0 Å². The number of aromatic nitrogens is 2. The molecule has 0 saturated carbocycles. The first-order valence-corrected chi connectivity index (χ1v) is 6.68. The van der Waals surface area contributed by atoms with Crippen molar-refractivity contribution in [1.82, 2.24) is 15.1 Å². The number of aryl methyl sites for hydroxylation is 1. The Morgan fingerprint density at radius 1 is 1.56 bits per heavy atom. The van der Waals surface area contributed by atoms with Crippen LogP contribution in [0.4, 0.5) is 5.82 Å². The average molecular weight is 250 g/mol. The molecule has 0 unspecified atom stereocenters. The number of hydrogen-bond acceptors (Lipinski definition) is 3. The van der Waals surface area contributed by atoms with Crippen molar-refractivity contribution in [1.29, 1.82) is 0 Å². The van der Waals surface area contributed by atoms with Crippen molar-refractivity contribution in [3.8, 4) is 0 Å². The van der Waals surface area contributed by atoms with Crippen molar-refractivity contribution in [3.63, 3.8) is 0 Å². The van der Waals surface area contributed by atoms with Gasteiger partial charge < -0.3 is 10.6 Å². The maximum Gasteiger partial charge on any atom is 0.231 e. The van der Waals surface area contributed by atoms with Crippen LogP contribution in [0.3, 0.4) is 0 Å². The Kier molecular flexibility index (Phi) is 4.01. The molecule has 0 aromatic carbocycles. The van der Waals surface area contributed by atoms with Gasteiger partial charge in [-0.05, 0) is 32.4 Å². The summed E-state index contributed by atoms with van der Waals surface area (Å²) in [6.45, 7) is 4.00. The zero-order valence-corrected chi connectivity index (χ0v) is 11.2. The first-order valence-electron chi connectivity index (χ1n) is 6.68. The number of amides is 1. The molecule has 2 rings (SSSR count). The van der Waals surface area contributed by atoms with Gasteiger partial charge >= 0.3 is 0 Å². The maximum absolute atomic E-state index is 12.5. The van der Waals surface area contributed by atoms with Crippen LogP contribution in [0.5, 0.6) is 0 Å². The lowest BCUT2D eigenvalue weighted by Gasteiger charge is -2.36. The quantitative estimate of drug-likeness (QED) is 0.852.